The fourth-order valence-electron chi connectivity index (χ4n) is 0.804. The third kappa shape index (κ3) is 1.44. The summed E-state index contributed by atoms with van der Waals surface area (Å²) in [4.78, 5) is 1.30. The number of aromatic hydroxyl groups is 1. The lowest BCUT2D eigenvalue weighted by Gasteiger charge is -1.99. The Bertz CT molecular complexity index is 361. The molecule has 0 amide bonds. The van der Waals surface area contributed by atoms with Crippen molar-refractivity contribution in [1.29, 1.82) is 0 Å². The minimum absolute atomic E-state index is 0.269. The largest absolute Gasteiger partial charge is 0.506 e. The maximum Gasteiger partial charge on any atom is 0.267 e. The highest BCUT2D eigenvalue weighted by Gasteiger charge is 2.21. The zero-order chi connectivity index (χ0) is 9.35. The van der Waals surface area contributed by atoms with Crippen molar-refractivity contribution < 1.29 is 18.7 Å². The van der Waals surface area contributed by atoms with Crippen LogP contribution in [0.3, 0.4) is 0 Å². The van der Waals surface area contributed by atoms with E-state index < -0.39 is 10.0 Å². The van der Waals surface area contributed by atoms with Crippen LogP contribution in [-0.2, 0) is 10.0 Å². The van der Waals surface area contributed by atoms with Gasteiger partial charge in [-0.05, 0) is 6.92 Å². The molecule has 0 unspecified atom stereocenters. The summed E-state index contributed by atoms with van der Waals surface area (Å²) in [6.07, 6.45) is 0. The molecule has 0 bridgehead atoms. The van der Waals surface area contributed by atoms with Gasteiger partial charge in [0.25, 0.3) is 10.0 Å². The molecule has 0 aliphatic heterocycles. The molecule has 1 aromatic heterocycles. The maximum atomic E-state index is 11.0. The number of rotatable bonds is 2. The Morgan fingerprint density at radius 2 is 2.17 bits per heavy atom. The van der Waals surface area contributed by atoms with Crippen LogP contribution in [0.2, 0.25) is 0 Å². The van der Waals surface area contributed by atoms with Crippen LogP contribution in [0.25, 0.3) is 0 Å². The van der Waals surface area contributed by atoms with Gasteiger partial charge in [0.2, 0.25) is 0 Å². The van der Waals surface area contributed by atoms with Crippen LogP contribution in [0.1, 0.15) is 4.88 Å². The fraction of sp³-hybridized carbons (Fsp3) is 0.200. The van der Waals surface area contributed by atoms with Gasteiger partial charge < -0.3 is 10.3 Å². The second-order valence-electron chi connectivity index (χ2n) is 2.10. The first-order valence-corrected chi connectivity index (χ1v) is 5.28. The van der Waals surface area contributed by atoms with Gasteiger partial charge in [0.1, 0.15) is 10.6 Å². The number of hydrogen-bond acceptors (Lipinski definition) is 5. The first kappa shape index (κ1) is 9.46. The zero-order valence-corrected chi connectivity index (χ0v) is 7.74. The first-order valence-electron chi connectivity index (χ1n) is 2.92. The number of sulfonamides is 1. The van der Waals surface area contributed by atoms with Crippen molar-refractivity contribution in [2.45, 2.75) is 11.8 Å². The van der Waals surface area contributed by atoms with Gasteiger partial charge in [-0.3, -0.25) is 0 Å². The van der Waals surface area contributed by atoms with Crippen molar-refractivity contribution in [3.05, 3.63) is 10.3 Å². The van der Waals surface area contributed by atoms with E-state index in [1.807, 2.05) is 0 Å². The monoisotopic (exact) mass is 209 g/mol. The van der Waals surface area contributed by atoms with Crippen molar-refractivity contribution in [2.24, 2.45) is 0 Å². The third-order valence-electron chi connectivity index (χ3n) is 1.29. The molecule has 7 heteroatoms. The van der Waals surface area contributed by atoms with Crippen molar-refractivity contribution >= 4 is 21.4 Å². The van der Waals surface area contributed by atoms with Gasteiger partial charge in [0, 0.05) is 10.3 Å². The summed E-state index contributed by atoms with van der Waals surface area (Å²) < 4.78 is 22.0. The van der Waals surface area contributed by atoms with Gasteiger partial charge in [-0.1, -0.05) is 4.89 Å². The quantitative estimate of drug-likeness (QED) is 0.616. The van der Waals surface area contributed by atoms with E-state index >= 15 is 0 Å². The maximum absolute atomic E-state index is 11.0. The molecular weight excluding hydrogens is 202 g/mol. The molecule has 0 radical (unpaired) electrons. The van der Waals surface area contributed by atoms with Crippen LogP contribution in [0.4, 0.5) is 0 Å². The summed E-state index contributed by atoms with van der Waals surface area (Å²) in [7, 11) is -3.95. The average molecular weight is 209 g/mol. The predicted octanol–water partition coefficient (Wildman–Crippen LogP) is 0.430. The van der Waals surface area contributed by atoms with Crippen molar-refractivity contribution in [1.82, 2.24) is 4.89 Å². The van der Waals surface area contributed by atoms with Crippen molar-refractivity contribution in [3.8, 4) is 5.75 Å². The Balaban J connectivity index is 3.37. The van der Waals surface area contributed by atoms with Crippen molar-refractivity contribution in [2.75, 3.05) is 0 Å². The number of hydrogen-bond donors (Lipinski definition) is 3. The van der Waals surface area contributed by atoms with Gasteiger partial charge in [-0.25, -0.2) is 8.42 Å². The molecule has 12 heavy (non-hydrogen) atoms. The molecule has 1 rings (SSSR count). The Kier molecular flexibility index (Phi) is 2.38. The molecule has 3 N–H and O–H groups in total. The highest BCUT2D eigenvalue weighted by Crippen LogP contribution is 2.31. The van der Waals surface area contributed by atoms with Crippen LogP contribution in [0.5, 0.6) is 5.75 Å². The van der Waals surface area contributed by atoms with Gasteiger partial charge in [-0.15, -0.1) is 11.3 Å². The minimum atomic E-state index is -3.95. The Morgan fingerprint density at radius 3 is 2.50 bits per heavy atom. The lowest BCUT2D eigenvalue weighted by atomic mass is 10.5. The topological polar surface area (TPSA) is 86.6 Å². The Morgan fingerprint density at radius 1 is 1.58 bits per heavy atom. The molecule has 68 valence electrons. The molecule has 0 aliphatic rings. The fourth-order valence-corrected chi connectivity index (χ4v) is 2.77. The SMILES string of the molecule is Cc1scc(O)c1S(=O)(=O)NO. The summed E-state index contributed by atoms with van der Waals surface area (Å²) in [6, 6.07) is 0. The molecule has 5 nitrogen and oxygen atoms in total. The number of aryl methyl sites for hydroxylation is 1. The van der Waals surface area contributed by atoms with E-state index in [0.29, 0.717) is 4.88 Å². The number of nitrogens with one attached hydrogen (secondary N) is 1. The van der Waals surface area contributed by atoms with E-state index in [1.54, 1.807) is 0 Å². The molecular formula is C5H7NO4S2. The molecule has 0 saturated heterocycles. The van der Waals surface area contributed by atoms with Crippen LogP contribution >= 0.6 is 11.3 Å². The average Bonchev–Trinajstić information content (AvgIpc) is 2.31. The van der Waals surface area contributed by atoms with Gasteiger partial charge in [0.05, 0.1) is 0 Å². The number of thiophene rings is 1. The molecule has 0 atom stereocenters. The van der Waals surface area contributed by atoms with Crippen LogP contribution in [0, 0.1) is 6.92 Å². The Labute approximate surface area is 73.3 Å². The normalized spacial score (nSPS) is 11.8. The molecule has 0 aromatic carbocycles. The van der Waals surface area contributed by atoms with E-state index in [-0.39, 0.29) is 10.6 Å². The molecule has 1 aromatic rings. The minimum Gasteiger partial charge on any atom is -0.506 e. The van der Waals surface area contributed by atoms with Crippen molar-refractivity contribution in [3.63, 3.8) is 0 Å². The van der Waals surface area contributed by atoms with Gasteiger partial charge in [-0.2, -0.15) is 0 Å². The van der Waals surface area contributed by atoms with E-state index in [2.05, 4.69) is 0 Å². The molecule has 0 saturated carbocycles. The summed E-state index contributed by atoms with van der Waals surface area (Å²) in [6.45, 7) is 1.54. The Hall–Kier alpha value is -0.630. The van der Waals surface area contributed by atoms with Crippen LogP contribution in [0.15, 0.2) is 10.3 Å². The van der Waals surface area contributed by atoms with E-state index in [9.17, 15) is 8.42 Å². The highest BCUT2D eigenvalue weighted by molar-refractivity contribution is 7.89. The molecule has 1 heterocycles. The molecule has 0 fully saturated rings. The van der Waals surface area contributed by atoms with E-state index in [1.165, 1.54) is 12.3 Å². The summed E-state index contributed by atoms with van der Waals surface area (Å²) in [5.41, 5.74) is 0. The summed E-state index contributed by atoms with van der Waals surface area (Å²) >= 11 is 1.09. The van der Waals surface area contributed by atoms with E-state index in [4.69, 9.17) is 10.3 Å². The first-order chi connectivity index (χ1) is 5.49. The lowest BCUT2D eigenvalue weighted by Crippen LogP contribution is -2.19. The third-order valence-corrected chi connectivity index (χ3v) is 3.61. The lowest BCUT2D eigenvalue weighted by molar-refractivity contribution is 0.242. The van der Waals surface area contributed by atoms with Gasteiger partial charge >= 0.3 is 0 Å². The zero-order valence-electron chi connectivity index (χ0n) is 6.10. The second kappa shape index (κ2) is 3.02. The molecule has 0 spiro atoms. The smallest absolute Gasteiger partial charge is 0.267 e. The summed E-state index contributed by atoms with van der Waals surface area (Å²) in [5, 5.41) is 18.6. The highest BCUT2D eigenvalue weighted by atomic mass is 32.2. The predicted molar refractivity (Wildman–Crippen MR) is 42.8 cm³/mol. The molecule has 0 aliphatic carbocycles. The second-order valence-corrected chi connectivity index (χ2v) is 4.78. The standard InChI is InChI=1S/C5H7NO4S2/c1-3-5(4(7)2-11-3)12(9,10)6-8/h2,6-8H,1H3. The van der Waals surface area contributed by atoms with Crippen LogP contribution in [-0.4, -0.2) is 18.7 Å². The van der Waals surface area contributed by atoms with Crippen LogP contribution < -0.4 is 4.89 Å². The summed E-state index contributed by atoms with van der Waals surface area (Å²) in [5.74, 6) is -0.348. The van der Waals surface area contributed by atoms with E-state index in [0.717, 1.165) is 16.2 Å². The van der Waals surface area contributed by atoms with Gasteiger partial charge in [0.15, 0.2) is 0 Å².